The number of hydrogen-bond acceptors (Lipinski definition) is 5. The number of carbonyl (C=O) groups excluding carboxylic acids is 1. The summed E-state index contributed by atoms with van der Waals surface area (Å²) in [5.41, 5.74) is 7.88. The van der Waals surface area contributed by atoms with E-state index in [1.807, 2.05) is 36.4 Å². The van der Waals surface area contributed by atoms with Crippen LogP contribution in [0.2, 0.25) is 0 Å². The van der Waals surface area contributed by atoms with Gasteiger partial charge in [-0.3, -0.25) is 4.79 Å². The van der Waals surface area contributed by atoms with Crippen LogP contribution in [0, 0.1) is 11.3 Å². The number of ketones is 1. The molecule has 1 aliphatic heterocycles. The second-order valence-electron chi connectivity index (χ2n) is 6.40. The molecule has 0 aromatic heterocycles. The fourth-order valence-electron chi connectivity index (χ4n) is 3.44. The van der Waals surface area contributed by atoms with Crippen LogP contribution in [0.1, 0.15) is 33.0 Å². The number of carbonyl (C=O) groups is 1. The summed E-state index contributed by atoms with van der Waals surface area (Å²) in [6.07, 6.45) is 0. The summed E-state index contributed by atoms with van der Waals surface area (Å²) >= 11 is 0. The SMILES string of the molecule is N#CC1=C(N)Oc2ccc(C(=O)c3ccccc3)c(O)c2C1c1ccccc1. The summed E-state index contributed by atoms with van der Waals surface area (Å²) in [5, 5.41) is 20.7. The molecule has 1 atom stereocenters. The molecule has 136 valence electrons. The van der Waals surface area contributed by atoms with Crippen molar-refractivity contribution in [1.29, 1.82) is 5.26 Å². The molecule has 0 spiro atoms. The molecule has 28 heavy (non-hydrogen) atoms. The molecule has 0 saturated heterocycles. The third kappa shape index (κ3) is 2.78. The molecule has 3 N–H and O–H groups in total. The number of nitrogens with two attached hydrogens (primary N) is 1. The lowest BCUT2D eigenvalue weighted by molar-refractivity contribution is 0.103. The standard InChI is InChI=1S/C23H16N2O3/c24-13-17-19(14-7-3-1-4-8-14)20-18(28-23(17)25)12-11-16(22(20)27)21(26)15-9-5-2-6-10-15/h1-12,19,27H,25H2. The smallest absolute Gasteiger partial charge is 0.205 e. The molecule has 5 nitrogen and oxygen atoms in total. The Morgan fingerprint density at radius 1 is 1.00 bits per heavy atom. The first kappa shape index (κ1) is 17.4. The second-order valence-corrected chi connectivity index (χ2v) is 6.40. The highest BCUT2D eigenvalue weighted by Gasteiger charge is 2.34. The summed E-state index contributed by atoms with van der Waals surface area (Å²) in [7, 11) is 0. The van der Waals surface area contributed by atoms with Crippen molar-refractivity contribution in [2.45, 2.75) is 5.92 Å². The number of hydrogen-bond donors (Lipinski definition) is 2. The number of nitriles is 1. The fourth-order valence-corrected chi connectivity index (χ4v) is 3.44. The summed E-state index contributed by atoms with van der Waals surface area (Å²) in [5.74, 6) is -0.828. The van der Waals surface area contributed by atoms with Gasteiger partial charge in [0.25, 0.3) is 0 Å². The van der Waals surface area contributed by atoms with Crippen molar-refractivity contribution in [3.63, 3.8) is 0 Å². The lowest BCUT2D eigenvalue weighted by Crippen LogP contribution is -2.21. The summed E-state index contributed by atoms with van der Waals surface area (Å²) in [6, 6.07) is 23.1. The number of ether oxygens (including phenoxy) is 1. The minimum absolute atomic E-state index is 0.00890. The van der Waals surface area contributed by atoms with Crippen LogP contribution in [0.4, 0.5) is 0 Å². The van der Waals surface area contributed by atoms with Crippen molar-refractivity contribution >= 4 is 5.78 Å². The van der Waals surface area contributed by atoms with Gasteiger partial charge in [0.2, 0.25) is 5.88 Å². The van der Waals surface area contributed by atoms with Crippen molar-refractivity contribution in [1.82, 2.24) is 0 Å². The molecule has 0 amide bonds. The maximum Gasteiger partial charge on any atom is 0.205 e. The first-order valence-electron chi connectivity index (χ1n) is 8.70. The monoisotopic (exact) mass is 368 g/mol. The molecule has 0 aliphatic carbocycles. The molecular weight excluding hydrogens is 352 g/mol. The largest absolute Gasteiger partial charge is 0.507 e. The van der Waals surface area contributed by atoms with E-state index in [1.54, 1.807) is 30.3 Å². The number of aromatic hydroxyl groups is 1. The van der Waals surface area contributed by atoms with Gasteiger partial charge in [-0.2, -0.15) is 5.26 Å². The zero-order valence-corrected chi connectivity index (χ0v) is 14.8. The lowest BCUT2D eigenvalue weighted by atomic mass is 9.81. The van der Waals surface area contributed by atoms with Crippen LogP contribution in [0.3, 0.4) is 0 Å². The zero-order chi connectivity index (χ0) is 19.7. The molecule has 0 radical (unpaired) electrons. The normalized spacial score (nSPS) is 15.3. The molecule has 5 heteroatoms. The van der Waals surface area contributed by atoms with Gasteiger partial charge in [-0.05, 0) is 17.7 Å². The Balaban J connectivity index is 1.92. The average molecular weight is 368 g/mol. The molecule has 4 rings (SSSR count). The van der Waals surface area contributed by atoms with Crippen molar-refractivity contribution in [3.05, 3.63) is 107 Å². The highest BCUT2D eigenvalue weighted by molar-refractivity contribution is 6.11. The van der Waals surface area contributed by atoms with Gasteiger partial charge in [-0.25, -0.2) is 0 Å². The number of allylic oxidation sites excluding steroid dienone is 1. The Bertz CT molecular complexity index is 1130. The van der Waals surface area contributed by atoms with E-state index in [9.17, 15) is 15.2 Å². The summed E-state index contributed by atoms with van der Waals surface area (Å²) < 4.78 is 5.57. The van der Waals surface area contributed by atoms with Crippen molar-refractivity contribution in [2.75, 3.05) is 0 Å². The van der Waals surface area contributed by atoms with Crippen LogP contribution in [0.15, 0.2) is 84.3 Å². The van der Waals surface area contributed by atoms with Gasteiger partial charge in [-0.1, -0.05) is 60.7 Å². The van der Waals surface area contributed by atoms with E-state index in [0.29, 0.717) is 16.9 Å². The van der Waals surface area contributed by atoms with E-state index >= 15 is 0 Å². The Kier molecular flexibility index (Phi) is 4.30. The van der Waals surface area contributed by atoms with E-state index in [4.69, 9.17) is 10.5 Å². The minimum atomic E-state index is -0.626. The lowest BCUT2D eigenvalue weighted by Gasteiger charge is -2.27. The maximum absolute atomic E-state index is 12.9. The van der Waals surface area contributed by atoms with Crippen LogP contribution >= 0.6 is 0 Å². The van der Waals surface area contributed by atoms with Gasteiger partial charge in [-0.15, -0.1) is 0 Å². The van der Waals surface area contributed by atoms with Gasteiger partial charge < -0.3 is 15.6 Å². The highest BCUT2D eigenvalue weighted by atomic mass is 16.5. The van der Waals surface area contributed by atoms with Crippen LogP contribution in [0.25, 0.3) is 0 Å². The molecule has 1 unspecified atom stereocenters. The fraction of sp³-hybridized carbons (Fsp3) is 0.0435. The van der Waals surface area contributed by atoms with E-state index < -0.39 is 5.92 Å². The Labute approximate surface area is 161 Å². The quantitative estimate of drug-likeness (QED) is 0.685. The van der Waals surface area contributed by atoms with Gasteiger partial charge in [0.05, 0.1) is 17.0 Å². The molecular formula is C23H16N2O3. The summed E-state index contributed by atoms with van der Waals surface area (Å²) in [6.45, 7) is 0. The minimum Gasteiger partial charge on any atom is -0.507 e. The third-order valence-corrected chi connectivity index (χ3v) is 4.77. The molecule has 3 aromatic carbocycles. The van der Waals surface area contributed by atoms with Crippen LogP contribution in [-0.2, 0) is 0 Å². The van der Waals surface area contributed by atoms with Gasteiger partial charge in [0.15, 0.2) is 5.78 Å². The molecule has 0 bridgehead atoms. The number of fused-ring (bicyclic) bond motifs is 1. The molecule has 3 aromatic rings. The number of benzene rings is 3. The van der Waals surface area contributed by atoms with Gasteiger partial charge >= 0.3 is 0 Å². The van der Waals surface area contributed by atoms with Crippen molar-refractivity contribution in [3.8, 4) is 17.6 Å². The molecule has 0 saturated carbocycles. The highest BCUT2D eigenvalue weighted by Crippen LogP contribution is 2.47. The molecule has 1 heterocycles. The maximum atomic E-state index is 12.9. The Hall–Kier alpha value is -4.04. The van der Waals surface area contributed by atoms with Gasteiger partial charge in [0.1, 0.15) is 23.1 Å². The van der Waals surface area contributed by atoms with E-state index in [0.717, 1.165) is 5.56 Å². The van der Waals surface area contributed by atoms with Crippen LogP contribution < -0.4 is 10.5 Å². The van der Waals surface area contributed by atoms with Crippen LogP contribution in [0.5, 0.6) is 11.5 Å². The molecule has 0 fully saturated rings. The van der Waals surface area contributed by atoms with Gasteiger partial charge in [0, 0.05) is 5.56 Å². The number of phenols is 1. The average Bonchev–Trinajstić information content (AvgIpc) is 2.74. The first-order chi connectivity index (χ1) is 13.6. The summed E-state index contributed by atoms with van der Waals surface area (Å²) in [4.78, 5) is 12.9. The predicted molar refractivity (Wildman–Crippen MR) is 104 cm³/mol. The van der Waals surface area contributed by atoms with Crippen molar-refractivity contribution in [2.24, 2.45) is 5.73 Å². The molecule has 1 aliphatic rings. The van der Waals surface area contributed by atoms with Crippen LogP contribution in [-0.4, -0.2) is 10.9 Å². The zero-order valence-electron chi connectivity index (χ0n) is 14.8. The number of nitrogens with zero attached hydrogens (tertiary/aromatic N) is 1. The predicted octanol–water partition coefficient (Wildman–Crippen LogP) is 3.84. The third-order valence-electron chi connectivity index (χ3n) is 4.77. The topological polar surface area (TPSA) is 96.3 Å². The van der Waals surface area contributed by atoms with E-state index in [-0.39, 0.29) is 28.6 Å². The van der Waals surface area contributed by atoms with Crippen molar-refractivity contribution < 1.29 is 14.6 Å². The number of phenolic OH excluding ortho intramolecular Hbond substituents is 1. The van der Waals surface area contributed by atoms with E-state index in [1.165, 1.54) is 6.07 Å². The number of rotatable bonds is 3. The van der Waals surface area contributed by atoms with E-state index in [2.05, 4.69) is 6.07 Å². The first-order valence-corrected chi connectivity index (χ1v) is 8.70. The Morgan fingerprint density at radius 3 is 2.29 bits per heavy atom. The second kappa shape index (κ2) is 6.93. The Morgan fingerprint density at radius 2 is 1.64 bits per heavy atom.